The zero-order valence-electron chi connectivity index (χ0n) is 6.04. The molecular weight excluding hydrogens is 342 g/mol. The highest BCUT2D eigenvalue weighted by Crippen LogP contribution is 1.89. The van der Waals surface area contributed by atoms with Crippen LogP contribution in [0.25, 0.3) is 0 Å². The smallest absolute Gasteiger partial charge is 0.0161 e. The van der Waals surface area contributed by atoms with Crippen molar-refractivity contribution < 1.29 is 0 Å². The van der Waals surface area contributed by atoms with Gasteiger partial charge in [-0.3, -0.25) is 0 Å². The van der Waals surface area contributed by atoms with E-state index in [1.165, 1.54) is 0 Å². The van der Waals surface area contributed by atoms with Crippen LogP contribution in [0.2, 0.25) is 0 Å². The first-order valence-electron chi connectivity index (χ1n) is 2.77. The summed E-state index contributed by atoms with van der Waals surface area (Å²) in [6.45, 7) is 3.17. The molecule has 2 N–H and O–H groups in total. The Morgan fingerprint density at radius 1 is 1.33 bits per heavy atom. The quantitative estimate of drug-likeness (QED) is 0.751. The lowest BCUT2D eigenvalue weighted by Gasteiger charge is -2.06. The van der Waals surface area contributed by atoms with Crippen LogP contribution < -0.4 is 10.6 Å². The van der Waals surface area contributed by atoms with Crippen LogP contribution in [0, 0.1) is 0 Å². The van der Waals surface area contributed by atoms with Crippen LogP contribution in [0.1, 0.15) is 6.92 Å². The third kappa shape index (κ3) is 12.6. The van der Waals surface area contributed by atoms with E-state index in [1.54, 1.807) is 0 Å². The summed E-state index contributed by atoms with van der Waals surface area (Å²) in [4.78, 5) is 0. The lowest BCUT2D eigenvalue weighted by atomic mass is 10.3. The van der Waals surface area contributed by atoms with Gasteiger partial charge < -0.3 is 10.6 Å². The van der Waals surface area contributed by atoms with E-state index in [2.05, 4.69) is 54.8 Å². The van der Waals surface area contributed by atoms with E-state index >= 15 is 0 Å². The number of likely N-dealkylation sites (N-methyl/N-ethyl adjacent to an activating group) is 2. The molecule has 2 nitrogen and oxygen atoms in total. The Bertz CT molecular complexity index is 43.9. The highest BCUT2D eigenvalue weighted by molar-refractivity contribution is 15.0. The Morgan fingerprint density at radius 3 is 1.89 bits per heavy atom. The number of nitrogens with one attached hydrogen (secondary N) is 2. The second-order valence-corrected chi connectivity index (χ2v) is 1.75. The number of rotatable bonds is 3. The van der Waals surface area contributed by atoms with Gasteiger partial charge in [-0.2, -0.15) is 0 Å². The number of hydrogen-bond donors (Lipinski definition) is 2. The summed E-state index contributed by atoms with van der Waals surface area (Å²) in [7, 11) is 3.91. The maximum Gasteiger partial charge on any atom is 0.0161 e. The van der Waals surface area contributed by atoms with Gasteiger partial charge in [0.25, 0.3) is 0 Å². The lowest BCUT2D eigenvalue weighted by Crippen LogP contribution is -2.31. The first-order valence-corrected chi connectivity index (χ1v) is 9.06. The molecule has 0 fully saturated rings. The molecular formula is C5H14I2N2. The third-order valence-corrected chi connectivity index (χ3v) is 1.00. The summed E-state index contributed by atoms with van der Waals surface area (Å²) in [5.41, 5.74) is 0. The van der Waals surface area contributed by atoms with Crippen molar-refractivity contribution in [3.05, 3.63) is 0 Å². The van der Waals surface area contributed by atoms with Crippen molar-refractivity contribution in [3.8, 4) is 0 Å². The van der Waals surface area contributed by atoms with Gasteiger partial charge in [-0.1, -0.05) is 0 Å². The predicted octanol–water partition coefficient (Wildman–Crippen LogP) is 1.59. The van der Waals surface area contributed by atoms with Crippen molar-refractivity contribution in [1.82, 2.24) is 10.6 Å². The van der Waals surface area contributed by atoms with Crippen LogP contribution >= 0.6 is 37.2 Å². The molecule has 58 valence electrons. The summed E-state index contributed by atoms with van der Waals surface area (Å²) < 4.78 is 0. The second kappa shape index (κ2) is 12.1. The molecule has 4 heteroatoms. The van der Waals surface area contributed by atoms with Gasteiger partial charge in [0.1, 0.15) is 0 Å². The van der Waals surface area contributed by atoms with Crippen molar-refractivity contribution in [3.63, 3.8) is 0 Å². The average Bonchev–Trinajstić information content (AvgIpc) is 1.93. The molecule has 0 saturated carbocycles. The van der Waals surface area contributed by atoms with Crippen LogP contribution in [0.4, 0.5) is 0 Å². The maximum atomic E-state index is 3.10. The molecule has 0 aliphatic heterocycles. The average molecular weight is 356 g/mol. The van der Waals surface area contributed by atoms with Gasteiger partial charge in [-0.15, -0.1) is 0 Å². The van der Waals surface area contributed by atoms with E-state index in [4.69, 9.17) is 0 Å². The summed E-state index contributed by atoms with van der Waals surface area (Å²) in [5.74, 6) is 0. The van der Waals surface area contributed by atoms with E-state index in [1.807, 2.05) is 14.1 Å². The zero-order valence-corrected chi connectivity index (χ0v) is 10.4. The highest BCUT2D eigenvalue weighted by atomic mass is 128. The largest absolute Gasteiger partial charge is 0.318 e. The molecule has 0 aromatic rings. The van der Waals surface area contributed by atoms with Crippen LogP contribution in [0.15, 0.2) is 0 Å². The molecule has 0 aromatic heterocycles. The second-order valence-electron chi connectivity index (χ2n) is 1.75. The molecule has 0 heterocycles. The fraction of sp³-hybridized carbons (Fsp3) is 1.00. The van der Waals surface area contributed by atoms with Crippen LogP contribution in [0.3, 0.4) is 0 Å². The van der Waals surface area contributed by atoms with Gasteiger partial charge in [0.05, 0.1) is 0 Å². The van der Waals surface area contributed by atoms with Gasteiger partial charge in [0.2, 0.25) is 0 Å². The Labute approximate surface area is 80.9 Å². The van der Waals surface area contributed by atoms with Crippen LogP contribution in [-0.4, -0.2) is 26.7 Å². The monoisotopic (exact) mass is 356 g/mol. The van der Waals surface area contributed by atoms with E-state index in [9.17, 15) is 0 Å². The first kappa shape index (κ1) is 13.0. The molecule has 0 saturated heterocycles. The van der Waals surface area contributed by atoms with Crippen LogP contribution in [0.5, 0.6) is 0 Å². The van der Waals surface area contributed by atoms with Crippen molar-refractivity contribution in [2.75, 3.05) is 20.6 Å². The molecule has 0 aromatic carbocycles. The maximum absolute atomic E-state index is 3.10. The third-order valence-electron chi connectivity index (χ3n) is 1.00. The summed E-state index contributed by atoms with van der Waals surface area (Å²) in [6.07, 6.45) is 0. The normalized spacial score (nSPS) is 11.7. The molecule has 0 amide bonds. The predicted molar refractivity (Wildman–Crippen MR) is 60.5 cm³/mol. The van der Waals surface area contributed by atoms with Crippen molar-refractivity contribution in [2.45, 2.75) is 13.0 Å². The topological polar surface area (TPSA) is 24.1 Å². The van der Waals surface area contributed by atoms with Gasteiger partial charge >= 0.3 is 0 Å². The van der Waals surface area contributed by atoms with Gasteiger partial charge in [-0.25, -0.2) is 0 Å². The molecule has 0 aliphatic rings. The Morgan fingerprint density at radius 2 is 1.78 bits per heavy atom. The van der Waals surface area contributed by atoms with Crippen molar-refractivity contribution in [2.24, 2.45) is 0 Å². The lowest BCUT2D eigenvalue weighted by molar-refractivity contribution is 0.573. The number of halogens is 2. The van der Waals surface area contributed by atoms with E-state index in [0.717, 1.165) is 6.54 Å². The summed E-state index contributed by atoms with van der Waals surface area (Å²) in [6, 6.07) is 0.588. The Kier molecular flexibility index (Phi) is 17.5. The summed E-state index contributed by atoms with van der Waals surface area (Å²) in [5, 5.41) is 6.16. The van der Waals surface area contributed by atoms with Crippen molar-refractivity contribution in [1.29, 1.82) is 0 Å². The fourth-order valence-electron chi connectivity index (χ4n) is 0.408. The van der Waals surface area contributed by atoms with Crippen LogP contribution in [-0.2, 0) is 0 Å². The van der Waals surface area contributed by atoms with Gasteiger partial charge in [0.15, 0.2) is 0 Å². The highest BCUT2D eigenvalue weighted by Gasteiger charge is 1.90. The minimum Gasteiger partial charge on any atom is -0.318 e. The molecule has 0 rings (SSSR count). The van der Waals surface area contributed by atoms with Gasteiger partial charge in [-0.05, 0) is 21.0 Å². The van der Waals surface area contributed by atoms with Gasteiger partial charge in [0, 0.05) is 49.8 Å². The van der Waals surface area contributed by atoms with E-state index < -0.39 is 0 Å². The van der Waals surface area contributed by atoms with E-state index in [-0.39, 0.29) is 0 Å². The van der Waals surface area contributed by atoms with E-state index in [0.29, 0.717) is 6.04 Å². The number of hydrogen-bond acceptors (Lipinski definition) is 2. The molecule has 0 bridgehead atoms. The van der Waals surface area contributed by atoms with Crippen molar-refractivity contribution >= 4 is 37.2 Å². The Balaban J connectivity index is 0. The molecule has 0 spiro atoms. The molecule has 0 aliphatic carbocycles. The minimum atomic E-state index is 0.588. The Hall–Kier alpha value is 1.38. The first-order chi connectivity index (χ1) is 4.31. The zero-order chi connectivity index (χ0) is 7.70. The standard InChI is InChI=1S/C5H14N2.I2/c1-5(7-3)4-6-2;1-2/h5-7H,4H2,1-3H3;. The molecule has 0 radical (unpaired) electrons. The fourth-order valence-corrected chi connectivity index (χ4v) is 0.408. The molecule has 9 heavy (non-hydrogen) atoms. The molecule has 1 atom stereocenters. The SMILES string of the molecule is CNCC(C)NC.II. The summed E-state index contributed by atoms with van der Waals surface area (Å²) >= 11 is 4.24. The molecule has 1 unspecified atom stereocenters. The minimum absolute atomic E-state index is 0.588.